The molecule has 0 N–H and O–H groups in total. The van der Waals surface area contributed by atoms with E-state index in [2.05, 4.69) is 11.9 Å². The van der Waals surface area contributed by atoms with Crippen molar-refractivity contribution in [2.45, 2.75) is 31.9 Å². The third kappa shape index (κ3) is 1.22. The van der Waals surface area contributed by atoms with Crippen molar-refractivity contribution in [2.75, 3.05) is 13.6 Å². The summed E-state index contributed by atoms with van der Waals surface area (Å²) in [6, 6.07) is 0.666. The fraction of sp³-hybridized carbons (Fsp3) is 0.889. The van der Waals surface area contributed by atoms with Gasteiger partial charge in [0.15, 0.2) is 0 Å². The first-order valence-corrected chi connectivity index (χ1v) is 4.54. The average molecular weight is 169 g/mol. The highest BCUT2D eigenvalue weighted by atomic mass is 16.5. The van der Waals surface area contributed by atoms with E-state index >= 15 is 0 Å². The molecule has 1 saturated carbocycles. The van der Waals surface area contributed by atoms with Crippen molar-refractivity contribution >= 4 is 5.97 Å². The van der Waals surface area contributed by atoms with Crippen molar-refractivity contribution in [1.82, 2.24) is 4.90 Å². The maximum absolute atomic E-state index is 10.7. The Hall–Kier alpha value is -0.570. The van der Waals surface area contributed by atoms with Gasteiger partial charge < -0.3 is 9.64 Å². The Morgan fingerprint density at radius 1 is 1.50 bits per heavy atom. The maximum atomic E-state index is 10.7. The van der Waals surface area contributed by atoms with Gasteiger partial charge in [0.05, 0.1) is 0 Å². The second-order valence-electron chi connectivity index (χ2n) is 3.97. The third-order valence-corrected chi connectivity index (χ3v) is 3.07. The van der Waals surface area contributed by atoms with Crippen LogP contribution in [-0.4, -0.2) is 36.6 Å². The summed E-state index contributed by atoms with van der Waals surface area (Å²) in [5.41, 5.74) is 0. The standard InChI is InChI=1S/C9H15NO2/c1-6(11)12-9-4-8-3-7(9)5-10(8)2/h7-9H,3-5H2,1-2H3/t7?,8?,9-/m1/s1. The highest BCUT2D eigenvalue weighted by Gasteiger charge is 2.44. The van der Waals surface area contributed by atoms with Gasteiger partial charge in [-0.15, -0.1) is 0 Å². The molecule has 1 aliphatic carbocycles. The molecule has 0 aromatic carbocycles. The molecule has 0 aromatic heterocycles. The zero-order valence-corrected chi connectivity index (χ0v) is 7.62. The van der Waals surface area contributed by atoms with Gasteiger partial charge in [-0.3, -0.25) is 4.79 Å². The number of hydrogen-bond donors (Lipinski definition) is 0. The number of nitrogens with zero attached hydrogens (tertiary/aromatic N) is 1. The number of hydrogen-bond acceptors (Lipinski definition) is 3. The molecule has 1 aliphatic heterocycles. The number of carbonyl (C=O) groups is 1. The molecule has 2 bridgehead atoms. The van der Waals surface area contributed by atoms with Gasteiger partial charge in [-0.05, 0) is 13.5 Å². The minimum atomic E-state index is -0.129. The quantitative estimate of drug-likeness (QED) is 0.539. The van der Waals surface area contributed by atoms with Crippen LogP contribution in [0.5, 0.6) is 0 Å². The van der Waals surface area contributed by atoms with Gasteiger partial charge >= 0.3 is 5.97 Å². The number of ether oxygens (including phenoxy) is 1. The third-order valence-electron chi connectivity index (χ3n) is 3.07. The van der Waals surface area contributed by atoms with E-state index < -0.39 is 0 Å². The van der Waals surface area contributed by atoms with E-state index in [0.717, 1.165) is 13.0 Å². The summed E-state index contributed by atoms with van der Waals surface area (Å²) in [6.45, 7) is 2.60. The number of rotatable bonds is 1. The summed E-state index contributed by atoms with van der Waals surface area (Å²) >= 11 is 0. The maximum Gasteiger partial charge on any atom is 0.302 e. The molecular formula is C9H15NO2. The minimum absolute atomic E-state index is 0.129. The van der Waals surface area contributed by atoms with Gasteiger partial charge in [0.25, 0.3) is 0 Å². The monoisotopic (exact) mass is 169 g/mol. The Labute approximate surface area is 72.7 Å². The molecule has 1 heterocycles. The number of piperidine rings is 1. The van der Waals surface area contributed by atoms with Crippen LogP contribution in [0.1, 0.15) is 19.8 Å². The van der Waals surface area contributed by atoms with Gasteiger partial charge in [-0.1, -0.05) is 0 Å². The molecule has 0 spiro atoms. The van der Waals surface area contributed by atoms with E-state index in [1.54, 1.807) is 0 Å². The van der Waals surface area contributed by atoms with Gasteiger partial charge in [-0.25, -0.2) is 0 Å². The first-order chi connectivity index (χ1) is 5.66. The summed E-state index contributed by atoms with van der Waals surface area (Å²) in [7, 11) is 2.15. The summed E-state index contributed by atoms with van der Waals surface area (Å²) in [5.74, 6) is 0.471. The largest absolute Gasteiger partial charge is 0.462 e. The summed E-state index contributed by atoms with van der Waals surface area (Å²) in [6.07, 6.45) is 2.47. The van der Waals surface area contributed by atoms with E-state index in [1.165, 1.54) is 13.3 Å². The van der Waals surface area contributed by atoms with Crippen molar-refractivity contribution in [3.63, 3.8) is 0 Å². The fourth-order valence-electron chi connectivity index (χ4n) is 2.49. The van der Waals surface area contributed by atoms with Gasteiger partial charge in [0, 0.05) is 31.8 Å². The van der Waals surface area contributed by atoms with Crippen LogP contribution < -0.4 is 0 Å². The SMILES string of the molecule is CC(=O)O[C@@H]1CC2CC1CN2C. The van der Waals surface area contributed by atoms with E-state index in [4.69, 9.17) is 4.74 Å². The molecule has 1 saturated heterocycles. The van der Waals surface area contributed by atoms with Crippen molar-refractivity contribution < 1.29 is 9.53 Å². The Balaban J connectivity index is 1.94. The Kier molecular flexibility index (Phi) is 1.83. The Morgan fingerprint density at radius 3 is 2.67 bits per heavy atom. The molecule has 2 unspecified atom stereocenters. The van der Waals surface area contributed by atoms with Crippen LogP contribution in [0, 0.1) is 5.92 Å². The van der Waals surface area contributed by atoms with Crippen molar-refractivity contribution in [3.8, 4) is 0 Å². The summed E-state index contributed by atoms with van der Waals surface area (Å²) in [4.78, 5) is 13.1. The van der Waals surface area contributed by atoms with Crippen molar-refractivity contribution in [3.05, 3.63) is 0 Å². The zero-order valence-electron chi connectivity index (χ0n) is 7.62. The van der Waals surface area contributed by atoms with Crippen molar-refractivity contribution in [2.24, 2.45) is 5.92 Å². The number of fused-ring (bicyclic) bond motifs is 2. The molecule has 3 nitrogen and oxygen atoms in total. The predicted molar refractivity (Wildman–Crippen MR) is 44.7 cm³/mol. The average Bonchev–Trinajstić information content (AvgIpc) is 2.44. The van der Waals surface area contributed by atoms with E-state index in [1.807, 2.05) is 0 Å². The molecule has 0 radical (unpaired) electrons. The lowest BCUT2D eigenvalue weighted by Crippen LogP contribution is -2.36. The van der Waals surface area contributed by atoms with Crippen LogP contribution in [0.25, 0.3) is 0 Å². The van der Waals surface area contributed by atoms with Gasteiger partial charge in [0.2, 0.25) is 0 Å². The normalized spacial score (nSPS) is 40.3. The molecule has 2 fully saturated rings. The van der Waals surface area contributed by atoms with Crippen molar-refractivity contribution in [1.29, 1.82) is 0 Å². The lowest BCUT2D eigenvalue weighted by atomic mass is 10.1. The second kappa shape index (κ2) is 2.73. The van der Waals surface area contributed by atoms with Gasteiger partial charge in [-0.2, -0.15) is 0 Å². The predicted octanol–water partition coefficient (Wildman–Crippen LogP) is 0.642. The molecular weight excluding hydrogens is 154 g/mol. The van der Waals surface area contributed by atoms with E-state index in [-0.39, 0.29) is 12.1 Å². The van der Waals surface area contributed by atoms with Crippen LogP contribution >= 0.6 is 0 Å². The smallest absolute Gasteiger partial charge is 0.302 e. The lowest BCUT2D eigenvalue weighted by Gasteiger charge is -2.27. The zero-order chi connectivity index (χ0) is 8.72. The number of carbonyl (C=O) groups excluding carboxylic acids is 1. The molecule has 3 atom stereocenters. The van der Waals surface area contributed by atoms with Crippen LogP contribution in [-0.2, 0) is 9.53 Å². The van der Waals surface area contributed by atoms with E-state index in [9.17, 15) is 4.79 Å². The highest BCUT2D eigenvalue weighted by molar-refractivity contribution is 5.66. The van der Waals surface area contributed by atoms with Crippen LogP contribution in [0.15, 0.2) is 0 Å². The fourth-order valence-corrected chi connectivity index (χ4v) is 2.49. The molecule has 0 aromatic rings. The lowest BCUT2D eigenvalue weighted by molar-refractivity contribution is -0.149. The first-order valence-electron chi connectivity index (χ1n) is 4.54. The summed E-state index contributed by atoms with van der Waals surface area (Å²) in [5, 5.41) is 0. The minimum Gasteiger partial charge on any atom is -0.462 e. The second-order valence-corrected chi connectivity index (χ2v) is 3.97. The van der Waals surface area contributed by atoms with Crippen LogP contribution in [0.3, 0.4) is 0 Å². The van der Waals surface area contributed by atoms with E-state index in [0.29, 0.717) is 12.0 Å². The molecule has 3 heteroatoms. The first kappa shape index (κ1) is 8.05. The molecule has 2 aliphatic rings. The topological polar surface area (TPSA) is 29.5 Å². The molecule has 0 amide bonds. The molecule has 2 rings (SSSR count). The Morgan fingerprint density at radius 2 is 2.25 bits per heavy atom. The highest BCUT2D eigenvalue weighted by Crippen LogP contribution is 2.38. The molecule has 12 heavy (non-hydrogen) atoms. The molecule has 68 valence electrons. The Bertz CT molecular complexity index is 203. The number of esters is 1. The van der Waals surface area contributed by atoms with Crippen LogP contribution in [0.2, 0.25) is 0 Å². The number of likely N-dealkylation sites (tertiary alicyclic amines) is 1. The van der Waals surface area contributed by atoms with Crippen LogP contribution in [0.4, 0.5) is 0 Å². The van der Waals surface area contributed by atoms with Gasteiger partial charge in [0.1, 0.15) is 6.10 Å². The summed E-state index contributed by atoms with van der Waals surface area (Å²) < 4.78 is 5.23.